The summed E-state index contributed by atoms with van der Waals surface area (Å²) in [7, 11) is 4.52. The van der Waals surface area contributed by atoms with E-state index < -0.39 is 5.91 Å². The number of benzene rings is 1. The van der Waals surface area contributed by atoms with E-state index in [1.807, 2.05) is 0 Å². The fraction of sp³-hybridized carbons (Fsp3) is 0.235. The second kappa shape index (κ2) is 8.53. The molecule has 2 N–H and O–H groups in total. The van der Waals surface area contributed by atoms with Gasteiger partial charge >= 0.3 is 0 Å². The van der Waals surface area contributed by atoms with Gasteiger partial charge in [-0.1, -0.05) is 6.08 Å². The van der Waals surface area contributed by atoms with Crippen molar-refractivity contribution in [1.29, 1.82) is 0 Å². The highest BCUT2D eigenvalue weighted by Gasteiger charge is 2.15. The maximum atomic E-state index is 12.3. The Morgan fingerprint density at radius 3 is 2.28 bits per heavy atom. The Morgan fingerprint density at radius 2 is 1.80 bits per heavy atom. The van der Waals surface area contributed by atoms with E-state index in [-0.39, 0.29) is 5.69 Å². The third-order valence-electron chi connectivity index (χ3n) is 3.25. The minimum atomic E-state index is -0.406. The number of amides is 1. The highest BCUT2D eigenvalue weighted by atomic mass is 16.5. The number of nitrogens with one attached hydrogen (secondary N) is 2. The first kappa shape index (κ1) is 18.1. The molecule has 1 aromatic carbocycles. The van der Waals surface area contributed by atoms with Gasteiger partial charge in [0.15, 0.2) is 17.2 Å². The van der Waals surface area contributed by atoms with Crippen molar-refractivity contribution in [3.63, 3.8) is 0 Å². The van der Waals surface area contributed by atoms with Crippen molar-refractivity contribution in [2.24, 2.45) is 0 Å². The van der Waals surface area contributed by atoms with Gasteiger partial charge in [0.1, 0.15) is 5.82 Å². The lowest BCUT2D eigenvalue weighted by Crippen LogP contribution is -2.15. The summed E-state index contributed by atoms with van der Waals surface area (Å²) in [5, 5.41) is 13.5. The van der Waals surface area contributed by atoms with E-state index in [9.17, 15) is 4.79 Å². The molecule has 132 valence electrons. The van der Waals surface area contributed by atoms with Gasteiger partial charge in [0.05, 0.1) is 21.3 Å². The van der Waals surface area contributed by atoms with Crippen LogP contribution in [0.25, 0.3) is 0 Å². The maximum Gasteiger partial charge on any atom is 0.276 e. The van der Waals surface area contributed by atoms with E-state index in [1.54, 1.807) is 30.3 Å². The zero-order chi connectivity index (χ0) is 18.2. The molecule has 2 rings (SSSR count). The highest BCUT2D eigenvalue weighted by molar-refractivity contribution is 6.03. The summed E-state index contributed by atoms with van der Waals surface area (Å²) in [6.07, 6.45) is 1.70. The Kier molecular flexibility index (Phi) is 6.16. The third kappa shape index (κ3) is 4.37. The van der Waals surface area contributed by atoms with Gasteiger partial charge in [-0.05, 0) is 12.1 Å². The monoisotopic (exact) mass is 344 g/mol. The van der Waals surface area contributed by atoms with Crippen molar-refractivity contribution in [3.8, 4) is 17.2 Å². The van der Waals surface area contributed by atoms with Gasteiger partial charge in [-0.2, -0.15) is 0 Å². The van der Waals surface area contributed by atoms with Crippen LogP contribution in [-0.2, 0) is 0 Å². The lowest BCUT2D eigenvalue weighted by atomic mass is 10.2. The van der Waals surface area contributed by atoms with Crippen molar-refractivity contribution in [2.75, 3.05) is 38.5 Å². The Morgan fingerprint density at radius 1 is 1.12 bits per heavy atom. The summed E-state index contributed by atoms with van der Waals surface area (Å²) in [5.74, 6) is 1.47. The number of aromatic nitrogens is 2. The Labute approximate surface area is 145 Å². The molecule has 1 heterocycles. The average molecular weight is 344 g/mol. The Bertz CT molecular complexity index is 722. The van der Waals surface area contributed by atoms with Crippen LogP contribution in [0, 0.1) is 0 Å². The van der Waals surface area contributed by atoms with E-state index in [4.69, 9.17) is 14.2 Å². The smallest absolute Gasteiger partial charge is 0.276 e. The lowest BCUT2D eigenvalue weighted by molar-refractivity contribution is 0.102. The van der Waals surface area contributed by atoms with Crippen molar-refractivity contribution < 1.29 is 19.0 Å². The van der Waals surface area contributed by atoms with E-state index in [0.717, 1.165) is 0 Å². The predicted molar refractivity (Wildman–Crippen MR) is 94.8 cm³/mol. The number of methoxy groups -OCH3 is 3. The molecule has 0 atom stereocenters. The minimum absolute atomic E-state index is 0.179. The van der Waals surface area contributed by atoms with Crippen LogP contribution in [0.1, 0.15) is 10.5 Å². The van der Waals surface area contributed by atoms with Crippen molar-refractivity contribution in [3.05, 3.63) is 42.6 Å². The molecule has 25 heavy (non-hydrogen) atoms. The molecule has 0 aliphatic carbocycles. The fourth-order valence-electron chi connectivity index (χ4n) is 2.07. The molecular formula is C17H20N4O4. The van der Waals surface area contributed by atoms with E-state index in [1.165, 1.54) is 21.3 Å². The fourth-order valence-corrected chi connectivity index (χ4v) is 2.07. The number of nitrogens with zero attached hydrogens (tertiary/aromatic N) is 2. The molecule has 0 aliphatic heterocycles. The zero-order valence-electron chi connectivity index (χ0n) is 14.3. The first-order chi connectivity index (χ1) is 12.1. The highest BCUT2D eigenvalue weighted by Crippen LogP contribution is 2.39. The number of anilines is 2. The van der Waals surface area contributed by atoms with Crippen molar-refractivity contribution >= 4 is 17.4 Å². The number of carbonyl (C=O) groups is 1. The second-order valence-electron chi connectivity index (χ2n) is 4.84. The topological polar surface area (TPSA) is 94.6 Å². The predicted octanol–water partition coefficient (Wildman–Crippen LogP) is 2.35. The average Bonchev–Trinajstić information content (AvgIpc) is 2.65. The number of rotatable bonds is 8. The SMILES string of the molecule is C=CCNc1ccc(C(=O)Nc2cc(OC)c(OC)c(OC)c2)nn1. The van der Waals surface area contributed by atoms with Crippen molar-refractivity contribution in [1.82, 2.24) is 10.2 Å². The van der Waals surface area contributed by atoms with Crippen LogP contribution < -0.4 is 24.8 Å². The molecule has 0 saturated carbocycles. The molecule has 0 fully saturated rings. The molecule has 1 aromatic heterocycles. The number of hydrogen-bond donors (Lipinski definition) is 2. The number of ether oxygens (including phenoxy) is 3. The quantitative estimate of drug-likeness (QED) is 0.710. The zero-order valence-corrected chi connectivity index (χ0v) is 14.3. The Balaban J connectivity index is 2.18. The molecule has 0 bridgehead atoms. The van der Waals surface area contributed by atoms with Crippen molar-refractivity contribution in [2.45, 2.75) is 0 Å². The number of hydrogen-bond acceptors (Lipinski definition) is 7. The summed E-state index contributed by atoms with van der Waals surface area (Å²) < 4.78 is 15.8. The normalized spacial score (nSPS) is 9.88. The van der Waals surface area contributed by atoms with Gasteiger partial charge in [0, 0.05) is 24.4 Å². The standard InChI is InChI=1S/C17H20N4O4/c1-5-8-18-15-7-6-12(20-21-15)17(22)19-11-9-13(23-2)16(25-4)14(10-11)24-3/h5-7,9-10H,1,8H2,2-4H3,(H,18,21)(H,19,22). The van der Waals surface area contributed by atoms with Crippen LogP contribution in [0.2, 0.25) is 0 Å². The first-order valence-electron chi connectivity index (χ1n) is 7.42. The van der Waals surface area contributed by atoms with Gasteiger partial charge in [-0.25, -0.2) is 0 Å². The van der Waals surface area contributed by atoms with Gasteiger partial charge in [-0.3, -0.25) is 4.79 Å². The van der Waals surface area contributed by atoms with Gasteiger partial charge in [0.25, 0.3) is 5.91 Å². The van der Waals surface area contributed by atoms with Gasteiger partial charge < -0.3 is 24.8 Å². The van der Waals surface area contributed by atoms with Gasteiger partial charge in [0.2, 0.25) is 5.75 Å². The molecule has 0 saturated heterocycles. The second-order valence-corrected chi connectivity index (χ2v) is 4.84. The Hall–Kier alpha value is -3.29. The molecule has 1 amide bonds. The summed E-state index contributed by atoms with van der Waals surface area (Å²) >= 11 is 0. The largest absolute Gasteiger partial charge is 0.493 e. The van der Waals surface area contributed by atoms with Crippen LogP contribution in [0.3, 0.4) is 0 Å². The summed E-state index contributed by atoms with van der Waals surface area (Å²) in [6.45, 7) is 4.17. The molecule has 0 unspecified atom stereocenters. The molecule has 0 spiro atoms. The lowest BCUT2D eigenvalue weighted by Gasteiger charge is -2.14. The molecule has 0 radical (unpaired) electrons. The third-order valence-corrected chi connectivity index (χ3v) is 3.25. The first-order valence-corrected chi connectivity index (χ1v) is 7.42. The number of carbonyl (C=O) groups excluding carboxylic acids is 1. The summed E-state index contributed by atoms with van der Waals surface area (Å²) in [5.41, 5.74) is 0.660. The molecule has 8 heteroatoms. The minimum Gasteiger partial charge on any atom is -0.493 e. The van der Waals surface area contributed by atoms with E-state index >= 15 is 0 Å². The maximum absolute atomic E-state index is 12.3. The molecular weight excluding hydrogens is 324 g/mol. The summed E-state index contributed by atoms with van der Waals surface area (Å²) in [6, 6.07) is 6.51. The van der Waals surface area contributed by atoms with E-state index in [2.05, 4.69) is 27.4 Å². The molecule has 0 aliphatic rings. The van der Waals surface area contributed by atoms with Crippen LogP contribution in [0.5, 0.6) is 17.2 Å². The molecule has 8 nitrogen and oxygen atoms in total. The molecule has 2 aromatic rings. The van der Waals surface area contributed by atoms with E-state index in [0.29, 0.717) is 35.3 Å². The van der Waals surface area contributed by atoms with Crippen LogP contribution >= 0.6 is 0 Å². The summed E-state index contributed by atoms with van der Waals surface area (Å²) in [4.78, 5) is 12.3. The van der Waals surface area contributed by atoms with Crippen LogP contribution in [0.4, 0.5) is 11.5 Å². The van der Waals surface area contributed by atoms with Crippen LogP contribution in [-0.4, -0.2) is 44.0 Å². The van der Waals surface area contributed by atoms with Gasteiger partial charge in [-0.15, -0.1) is 16.8 Å². The van der Waals surface area contributed by atoms with Crippen LogP contribution in [0.15, 0.2) is 36.9 Å².